The van der Waals surface area contributed by atoms with Crippen LogP contribution in [0.2, 0.25) is 0 Å². The summed E-state index contributed by atoms with van der Waals surface area (Å²) in [6.07, 6.45) is 0.451. The Kier molecular flexibility index (Phi) is 5.18. The molecule has 2 aromatic carbocycles. The number of aliphatic hydroxyl groups is 1. The van der Waals surface area contributed by atoms with Crippen LogP contribution in [0.25, 0.3) is 0 Å². The van der Waals surface area contributed by atoms with Crippen LogP contribution in [0.1, 0.15) is 37.3 Å². The summed E-state index contributed by atoms with van der Waals surface area (Å²) < 4.78 is 4.90. The topological polar surface area (TPSA) is 65.0 Å². The first-order valence-electron chi connectivity index (χ1n) is 8.44. The van der Waals surface area contributed by atoms with Crippen molar-refractivity contribution in [2.24, 2.45) is 0 Å². The molecule has 1 fully saturated rings. The molecule has 1 saturated heterocycles. The summed E-state index contributed by atoms with van der Waals surface area (Å²) >= 11 is 0. The summed E-state index contributed by atoms with van der Waals surface area (Å²) in [5.74, 6) is -2.19. The van der Waals surface area contributed by atoms with Crippen LogP contribution < -0.4 is 0 Å². The highest BCUT2D eigenvalue weighted by atomic mass is 17.2. The SMILES string of the molecule is CCOC(=O)CC1(O)CCC(c2ccccc2)(c2ccccc2)OO1. The lowest BCUT2D eigenvalue weighted by Crippen LogP contribution is -2.47. The van der Waals surface area contributed by atoms with Gasteiger partial charge in [0.05, 0.1) is 6.61 Å². The van der Waals surface area contributed by atoms with E-state index in [9.17, 15) is 9.90 Å². The van der Waals surface area contributed by atoms with Gasteiger partial charge in [0.1, 0.15) is 6.42 Å². The minimum atomic E-state index is -1.68. The normalized spacial score (nSPS) is 22.3. The maximum Gasteiger partial charge on any atom is 0.311 e. The van der Waals surface area contributed by atoms with Gasteiger partial charge in [0.15, 0.2) is 5.60 Å². The molecular weight excluding hydrogens is 320 g/mol. The minimum absolute atomic E-state index is 0.246. The van der Waals surface area contributed by atoms with Crippen molar-refractivity contribution in [1.82, 2.24) is 0 Å². The summed E-state index contributed by atoms with van der Waals surface area (Å²) in [5, 5.41) is 10.5. The van der Waals surface area contributed by atoms with Crippen molar-refractivity contribution >= 4 is 5.97 Å². The van der Waals surface area contributed by atoms with Crippen LogP contribution in [0.4, 0.5) is 0 Å². The second-order valence-electron chi connectivity index (χ2n) is 6.15. The summed E-state index contributed by atoms with van der Waals surface area (Å²) in [7, 11) is 0. The molecule has 1 atom stereocenters. The van der Waals surface area contributed by atoms with E-state index in [2.05, 4.69) is 0 Å². The highest BCUT2D eigenvalue weighted by molar-refractivity contribution is 5.70. The Morgan fingerprint density at radius 2 is 1.56 bits per heavy atom. The van der Waals surface area contributed by atoms with E-state index < -0.39 is 17.4 Å². The van der Waals surface area contributed by atoms with Gasteiger partial charge in [-0.15, -0.1) is 0 Å². The summed E-state index contributed by atoms with van der Waals surface area (Å²) in [4.78, 5) is 22.8. The van der Waals surface area contributed by atoms with Gasteiger partial charge in [-0.2, -0.15) is 4.89 Å². The number of hydrogen-bond donors (Lipinski definition) is 1. The minimum Gasteiger partial charge on any atom is -0.466 e. The van der Waals surface area contributed by atoms with Crippen LogP contribution in [-0.2, 0) is 24.9 Å². The van der Waals surface area contributed by atoms with Crippen LogP contribution >= 0.6 is 0 Å². The van der Waals surface area contributed by atoms with E-state index >= 15 is 0 Å². The third-order valence-electron chi connectivity index (χ3n) is 4.41. The molecule has 0 bridgehead atoms. The van der Waals surface area contributed by atoms with Crippen LogP contribution in [-0.4, -0.2) is 23.5 Å². The summed E-state index contributed by atoms with van der Waals surface area (Å²) in [6, 6.07) is 19.5. The molecule has 5 nitrogen and oxygen atoms in total. The first-order valence-corrected chi connectivity index (χ1v) is 8.44. The number of esters is 1. The Morgan fingerprint density at radius 1 is 1.00 bits per heavy atom. The molecule has 5 heteroatoms. The molecule has 2 aromatic rings. The van der Waals surface area contributed by atoms with E-state index in [0.29, 0.717) is 6.42 Å². The Hall–Kier alpha value is -2.21. The molecule has 0 aromatic heterocycles. The average Bonchev–Trinajstić information content (AvgIpc) is 2.64. The van der Waals surface area contributed by atoms with Gasteiger partial charge in [0.2, 0.25) is 5.79 Å². The van der Waals surface area contributed by atoms with Gasteiger partial charge in [-0.05, 0) is 24.5 Å². The molecule has 0 radical (unpaired) electrons. The van der Waals surface area contributed by atoms with Crippen molar-refractivity contribution in [3.63, 3.8) is 0 Å². The van der Waals surface area contributed by atoms with Gasteiger partial charge in [0.25, 0.3) is 0 Å². The predicted octanol–water partition coefficient (Wildman–Crippen LogP) is 3.31. The van der Waals surface area contributed by atoms with Gasteiger partial charge in [0, 0.05) is 6.42 Å². The number of benzene rings is 2. The fourth-order valence-electron chi connectivity index (χ4n) is 3.13. The van der Waals surface area contributed by atoms with Crippen LogP contribution in [0.3, 0.4) is 0 Å². The second kappa shape index (κ2) is 7.35. The average molecular weight is 342 g/mol. The monoisotopic (exact) mass is 342 g/mol. The second-order valence-corrected chi connectivity index (χ2v) is 6.15. The molecule has 132 valence electrons. The van der Waals surface area contributed by atoms with Crippen molar-refractivity contribution in [3.05, 3.63) is 71.8 Å². The van der Waals surface area contributed by atoms with Crippen molar-refractivity contribution in [2.75, 3.05) is 6.61 Å². The fourth-order valence-corrected chi connectivity index (χ4v) is 3.13. The number of carbonyl (C=O) groups is 1. The molecule has 0 spiro atoms. The van der Waals surface area contributed by atoms with Crippen LogP contribution in [0.15, 0.2) is 60.7 Å². The lowest BCUT2D eigenvalue weighted by molar-refractivity contribution is -0.481. The van der Waals surface area contributed by atoms with Gasteiger partial charge in [-0.1, -0.05) is 60.7 Å². The Balaban J connectivity index is 1.86. The number of ether oxygens (including phenoxy) is 1. The summed E-state index contributed by atoms with van der Waals surface area (Å²) in [6.45, 7) is 1.98. The third kappa shape index (κ3) is 3.74. The van der Waals surface area contributed by atoms with E-state index in [-0.39, 0.29) is 19.4 Å². The molecule has 25 heavy (non-hydrogen) atoms. The van der Waals surface area contributed by atoms with E-state index in [1.54, 1.807) is 6.92 Å². The smallest absolute Gasteiger partial charge is 0.311 e. The first-order chi connectivity index (χ1) is 12.1. The highest BCUT2D eigenvalue weighted by Gasteiger charge is 2.48. The zero-order valence-corrected chi connectivity index (χ0v) is 14.2. The summed E-state index contributed by atoms with van der Waals surface area (Å²) in [5.41, 5.74) is 1.03. The standard InChI is InChI=1S/C20H22O5/c1-2-23-18(21)15-19(22)13-14-20(25-24-19,16-9-5-3-6-10-16)17-11-7-4-8-12-17/h3-12,22H,2,13-15H2,1H3. The first kappa shape index (κ1) is 17.6. The molecule has 0 aliphatic carbocycles. The maximum absolute atomic E-state index is 11.7. The molecule has 1 unspecified atom stereocenters. The maximum atomic E-state index is 11.7. The number of hydrogen-bond acceptors (Lipinski definition) is 5. The third-order valence-corrected chi connectivity index (χ3v) is 4.41. The van der Waals surface area contributed by atoms with Gasteiger partial charge in [-0.25, -0.2) is 4.89 Å². The predicted molar refractivity (Wildman–Crippen MR) is 91.3 cm³/mol. The van der Waals surface area contributed by atoms with Gasteiger partial charge in [-0.3, -0.25) is 4.79 Å². The molecule has 1 aliphatic rings. The van der Waals surface area contributed by atoms with E-state index in [1.807, 2.05) is 60.7 Å². The molecule has 1 heterocycles. The van der Waals surface area contributed by atoms with Gasteiger partial charge >= 0.3 is 5.97 Å². The largest absolute Gasteiger partial charge is 0.466 e. The Bertz CT molecular complexity index is 649. The molecular formula is C20H22O5. The molecule has 1 aliphatic heterocycles. The molecule has 3 rings (SSSR count). The Labute approximate surface area is 147 Å². The van der Waals surface area contributed by atoms with Crippen molar-refractivity contribution in [2.45, 2.75) is 37.6 Å². The van der Waals surface area contributed by atoms with Crippen LogP contribution in [0.5, 0.6) is 0 Å². The highest BCUT2D eigenvalue weighted by Crippen LogP contribution is 2.45. The van der Waals surface area contributed by atoms with Crippen molar-refractivity contribution in [1.29, 1.82) is 0 Å². The lowest BCUT2D eigenvalue weighted by atomic mass is 9.80. The fraction of sp³-hybridized carbons (Fsp3) is 0.350. The lowest BCUT2D eigenvalue weighted by Gasteiger charge is -2.42. The Morgan fingerprint density at radius 3 is 2.00 bits per heavy atom. The zero-order chi connectivity index (χ0) is 17.8. The van der Waals surface area contributed by atoms with E-state index in [4.69, 9.17) is 14.5 Å². The molecule has 0 amide bonds. The molecule has 1 N–H and O–H groups in total. The van der Waals surface area contributed by atoms with Crippen LogP contribution in [0, 0.1) is 0 Å². The zero-order valence-electron chi connectivity index (χ0n) is 14.2. The number of carbonyl (C=O) groups excluding carboxylic acids is 1. The van der Waals surface area contributed by atoms with E-state index in [1.165, 1.54) is 0 Å². The van der Waals surface area contributed by atoms with Gasteiger partial charge < -0.3 is 9.84 Å². The van der Waals surface area contributed by atoms with Crippen molar-refractivity contribution < 1.29 is 24.4 Å². The van der Waals surface area contributed by atoms with E-state index in [0.717, 1.165) is 11.1 Å². The van der Waals surface area contributed by atoms with Crippen molar-refractivity contribution in [3.8, 4) is 0 Å². The quantitative estimate of drug-likeness (QED) is 0.667. The molecule has 0 saturated carbocycles. The number of rotatable bonds is 5.